The minimum atomic E-state index is -0.548. The van der Waals surface area contributed by atoms with Gasteiger partial charge in [0.2, 0.25) is 5.17 Å². The smallest absolute Gasteiger partial charge is 0.283 e. The van der Waals surface area contributed by atoms with Crippen LogP contribution in [0.15, 0.2) is 80.7 Å². The van der Waals surface area contributed by atoms with Crippen molar-refractivity contribution >= 4 is 45.5 Å². The summed E-state index contributed by atoms with van der Waals surface area (Å²) in [5.74, 6) is 0.212. The summed E-state index contributed by atoms with van der Waals surface area (Å²) >= 11 is 1.24. The van der Waals surface area contributed by atoms with Crippen LogP contribution in [0.2, 0.25) is 0 Å². The van der Waals surface area contributed by atoms with Crippen LogP contribution in [0.5, 0.6) is 0 Å². The molecule has 5 rings (SSSR count). The van der Waals surface area contributed by atoms with Crippen molar-refractivity contribution in [2.75, 3.05) is 0 Å². The highest BCUT2D eigenvalue weighted by atomic mass is 32.2. The number of amides is 1. The van der Waals surface area contributed by atoms with Gasteiger partial charge in [-0.15, -0.1) is 0 Å². The number of hydrogen-bond acceptors (Lipinski definition) is 7. The lowest BCUT2D eigenvalue weighted by molar-refractivity contribution is -0.384. The van der Waals surface area contributed by atoms with Crippen LogP contribution < -0.4 is 0 Å². The maximum atomic E-state index is 12.6. The summed E-state index contributed by atoms with van der Waals surface area (Å²) in [5, 5.41) is 26.3. The lowest BCUT2D eigenvalue weighted by Gasteiger charge is -2.19. The molecular weight excluding hydrogens is 442 g/mol. The van der Waals surface area contributed by atoms with E-state index >= 15 is 0 Å². The third-order valence-corrected chi connectivity index (χ3v) is 6.03. The van der Waals surface area contributed by atoms with E-state index in [1.54, 1.807) is 25.1 Å². The fraction of sp³-hybridized carbons (Fsp3) is 0.0435. The molecule has 0 saturated heterocycles. The Morgan fingerprint density at radius 1 is 1.15 bits per heavy atom. The van der Waals surface area contributed by atoms with Crippen molar-refractivity contribution < 1.29 is 14.1 Å². The molecule has 2 aliphatic rings. The number of hydrazone groups is 1. The second-order valence-corrected chi connectivity index (χ2v) is 8.21. The van der Waals surface area contributed by atoms with E-state index in [0.29, 0.717) is 32.9 Å². The zero-order valence-electron chi connectivity index (χ0n) is 17.2. The number of carbonyl (C=O) groups excluding carboxylic acids is 1. The van der Waals surface area contributed by atoms with Gasteiger partial charge in [0.15, 0.2) is 5.84 Å². The summed E-state index contributed by atoms with van der Waals surface area (Å²) in [4.78, 5) is 27.2. The quantitative estimate of drug-likeness (QED) is 0.340. The van der Waals surface area contributed by atoms with E-state index in [-0.39, 0.29) is 17.1 Å². The van der Waals surface area contributed by atoms with Crippen molar-refractivity contribution in [1.29, 1.82) is 5.41 Å². The third kappa shape index (κ3) is 3.76. The molecule has 0 atom stereocenters. The molecule has 0 fully saturated rings. The maximum Gasteiger partial charge on any atom is 0.283 e. The molecule has 0 bridgehead atoms. The van der Waals surface area contributed by atoms with Crippen LogP contribution in [-0.4, -0.2) is 31.9 Å². The lowest BCUT2D eigenvalue weighted by atomic mass is 10.1. The molecule has 10 heteroatoms. The van der Waals surface area contributed by atoms with Crippen LogP contribution >= 0.6 is 11.8 Å². The highest BCUT2D eigenvalue weighted by Crippen LogP contribution is 2.32. The van der Waals surface area contributed by atoms with Gasteiger partial charge in [-0.25, -0.2) is 0 Å². The molecule has 1 amide bonds. The standard InChI is InChI=1S/C23H15N5O4S/c1-13-11-15(28(30)31)7-9-17(13)19-10-8-16(32-19)12-18-20(24)27-23(25-21(18)29)33-22(26-27)14-5-3-2-4-6-14/h2-12,24H,1H3. The van der Waals surface area contributed by atoms with Crippen LogP contribution in [-0.2, 0) is 4.79 Å². The van der Waals surface area contributed by atoms with Gasteiger partial charge in [-0.3, -0.25) is 20.3 Å². The highest BCUT2D eigenvalue weighted by Gasteiger charge is 2.36. The molecule has 0 unspecified atom stereocenters. The first kappa shape index (κ1) is 20.6. The highest BCUT2D eigenvalue weighted by molar-refractivity contribution is 8.27. The Labute approximate surface area is 191 Å². The number of nitrogens with zero attached hydrogens (tertiary/aromatic N) is 4. The zero-order valence-corrected chi connectivity index (χ0v) is 18.0. The number of non-ortho nitro benzene ring substituents is 1. The van der Waals surface area contributed by atoms with Gasteiger partial charge >= 0.3 is 0 Å². The fourth-order valence-corrected chi connectivity index (χ4v) is 4.34. The number of hydrogen-bond donors (Lipinski definition) is 1. The lowest BCUT2D eigenvalue weighted by Crippen LogP contribution is -2.35. The Morgan fingerprint density at radius 2 is 1.94 bits per heavy atom. The Morgan fingerprint density at radius 3 is 2.67 bits per heavy atom. The van der Waals surface area contributed by atoms with Gasteiger partial charge in [-0.1, -0.05) is 30.3 Å². The fourth-order valence-electron chi connectivity index (χ4n) is 3.44. The number of fused-ring (bicyclic) bond motifs is 1. The van der Waals surface area contributed by atoms with Gasteiger partial charge in [0.1, 0.15) is 16.6 Å². The zero-order chi connectivity index (χ0) is 23.1. The number of aryl methyl sites for hydroxylation is 1. The topological polar surface area (TPSA) is 125 Å². The minimum absolute atomic E-state index is 0.000951. The summed E-state index contributed by atoms with van der Waals surface area (Å²) in [6.07, 6.45) is 1.45. The number of rotatable bonds is 4. The van der Waals surface area contributed by atoms with Crippen molar-refractivity contribution in [3.05, 3.63) is 93.2 Å². The monoisotopic (exact) mass is 457 g/mol. The molecule has 2 aliphatic heterocycles. The average molecular weight is 457 g/mol. The summed E-state index contributed by atoms with van der Waals surface area (Å²) in [7, 11) is 0. The second kappa shape index (κ2) is 7.99. The van der Waals surface area contributed by atoms with E-state index < -0.39 is 10.8 Å². The average Bonchev–Trinajstić information content (AvgIpc) is 3.44. The summed E-state index contributed by atoms with van der Waals surface area (Å²) in [5.41, 5.74) is 2.31. The van der Waals surface area contributed by atoms with Crippen LogP contribution in [0.1, 0.15) is 16.9 Å². The van der Waals surface area contributed by atoms with Gasteiger partial charge < -0.3 is 4.42 Å². The minimum Gasteiger partial charge on any atom is -0.457 e. The third-order valence-electron chi connectivity index (χ3n) is 5.07. The van der Waals surface area contributed by atoms with Crippen LogP contribution in [0.3, 0.4) is 0 Å². The molecule has 9 nitrogen and oxygen atoms in total. The van der Waals surface area contributed by atoms with Crippen LogP contribution in [0.25, 0.3) is 17.4 Å². The van der Waals surface area contributed by atoms with E-state index in [2.05, 4.69) is 10.1 Å². The molecule has 162 valence electrons. The molecule has 0 aliphatic carbocycles. The van der Waals surface area contributed by atoms with Crippen molar-refractivity contribution in [3.63, 3.8) is 0 Å². The number of furan rings is 1. The largest absolute Gasteiger partial charge is 0.457 e. The van der Waals surface area contributed by atoms with Crippen molar-refractivity contribution in [1.82, 2.24) is 5.01 Å². The predicted octanol–water partition coefficient (Wildman–Crippen LogP) is 4.83. The molecule has 1 N–H and O–H groups in total. The maximum absolute atomic E-state index is 12.6. The van der Waals surface area contributed by atoms with E-state index in [1.807, 2.05) is 30.3 Å². The molecule has 0 radical (unpaired) electrons. The first-order chi connectivity index (χ1) is 15.9. The molecule has 1 aromatic heterocycles. The Hall–Kier alpha value is -4.31. The molecule has 2 aromatic carbocycles. The number of thioether (sulfide) groups is 1. The predicted molar refractivity (Wildman–Crippen MR) is 126 cm³/mol. The second-order valence-electron chi connectivity index (χ2n) is 7.25. The number of nitrogens with one attached hydrogen (secondary N) is 1. The van der Waals surface area contributed by atoms with Crippen molar-refractivity contribution in [2.24, 2.45) is 10.1 Å². The number of nitro benzene ring substituents is 1. The molecule has 0 spiro atoms. The summed E-state index contributed by atoms with van der Waals surface area (Å²) in [6.45, 7) is 1.76. The molecule has 3 aromatic rings. The Bertz CT molecular complexity index is 1420. The Kier molecular flexibility index (Phi) is 4.98. The van der Waals surface area contributed by atoms with Gasteiger partial charge in [-0.05, 0) is 48.5 Å². The van der Waals surface area contributed by atoms with E-state index in [0.717, 1.165) is 5.56 Å². The van der Waals surface area contributed by atoms with Crippen LogP contribution in [0, 0.1) is 22.4 Å². The van der Waals surface area contributed by atoms with Gasteiger partial charge in [0.05, 0.1) is 10.5 Å². The summed E-state index contributed by atoms with van der Waals surface area (Å²) in [6, 6.07) is 17.4. The molecule has 0 saturated carbocycles. The van der Waals surface area contributed by atoms with Gasteiger partial charge in [0, 0.05) is 23.3 Å². The Balaban J connectivity index is 1.44. The summed E-state index contributed by atoms with van der Waals surface area (Å²) < 4.78 is 5.85. The van der Waals surface area contributed by atoms with Gasteiger partial charge in [-0.2, -0.15) is 15.1 Å². The molecular formula is C23H15N5O4S. The first-order valence-corrected chi connectivity index (χ1v) is 10.6. The van der Waals surface area contributed by atoms with E-state index in [4.69, 9.17) is 9.83 Å². The number of nitro groups is 1. The van der Waals surface area contributed by atoms with E-state index in [1.165, 1.54) is 35.0 Å². The van der Waals surface area contributed by atoms with E-state index in [9.17, 15) is 14.9 Å². The first-order valence-electron chi connectivity index (χ1n) is 9.81. The number of aliphatic imine (C=N–C) groups is 1. The number of amidine groups is 2. The van der Waals surface area contributed by atoms with Gasteiger partial charge in [0.25, 0.3) is 11.6 Å². The van der Waals surface area contributed by atoms with Crippen molar-refractivity contribution in [2.45, 2.75) is 6.92 Å². The number of carbonyl (C=O) groups is 1. The molecule has 33 heavy (non-hydrogen) atoms. The normalized spacial score (nSPS) is 16.6. The molecule has 3 heterocycles. The van der Waals surface area contributed by atoms with Crippen molar-refractivity contribution in [3.8, 4) is 11.3 Å². The van der Waals surface area contributed by atoms with Crippen LogP contribution in [0.4, 0.5) is 5.69 Å². The number of benzene rings is 2. The SMILES string of the molecule is Cc1cc([N+](=O)[O-])ccc1-c1ccc(C=C2C(=N)N3N=C(c4ccccc4)SC3=NC2=O)o1.